The van der Waals surface area contributed by atoms with Gasteiger partial charge in [0.15, 0.2) is 0 Å². The third-order valence-electron chi connectivity index (χ3n) is 2.02. The van der Waals surface area contributed by atoms with E-state index in [1.165, 1.54) is 11.8 Å². The van der Waals surface area contributed by atoms with Gasteiger partial charge in [-0.2, -0.15) is 0 Å². The van der Waals surface area contributed by atoms with Gasteiger partial charge < -0.3 is 10.6 Å². The van der Waals surface area contributed by atoms with Crippen molar-refractivity contribution in [1.29, 1.82) is 0 Å². The molecule has 0 atom stereocenters. The summed E-state index contributed by atoms with van der Waals surface area (Å²) in [5.41, 5.74) is 5.45. The van der Waals surface area contributed by atoms with Crippen LogP contribution in [0.25, 0.3) is 0 Å². The van der Waals surface area contributed by atoms with Crippen LogP contribution in [0.4, 0.5) is 14.5 Å². The fraction of sp³-hybridized carbons (Fsp3) is 0.455. The van der Waals surface area contributed by atoms with Gasteiger partial charge >= 0.3 is 0 Å². The van der Waals surface area contributed by atoms with E-state index in [2.05, 4.69) is 0 Å². The SMILES string of the molecule is CN(C)CCCSc1c(F)cc(N)cc1F. The molecule has 2 N–H and O–H groups in total. The van der Waals surface area contributed by atoms with Crippen molar-refractivity contribution >= 4 is 17.4 Å². The lowest BCUT2D eigenvalue weighted by Gasteiger charge is -2.09. The molecule has 0 unspecified atom stereocenters. The molecule has 0 aliphatic carbocycles. The van der Waals surface area contributed by atoms with Crippen LogP contribution in [0.5, 0.6) is 0 Å². The van der Waals surface area contributed by atoms with Crippen LogP contribution < -0.4 is 5.73 Å². The summed E-state index contributed by atoms with van der Waals surface area (Å²) in [6.07, 6.45) is 0.890. The second kappa shape index (κ2) is 6.06. The summed E-state index contributed by atoms with van der Waals surface area (Å²) in [4.78, 5) is 2.10. The van der Waals surface area contributed by atoms with Crippen molar-refractivity contribution in [2.75, 3.05) is 32.1 Å². The third-order valence-corrected chi connectivity index (χ3v) is 3.19. The Hall–Kier alpha value is -0.810. The second-order valence-electron chi connectivity index (χ2n) is 3.82. The largest absolute Gasteiger partial charge is 0.399 e. The van der Waals surface area contributed by atoms with Crippen molar-refractivity contribution in [3.63, 3.8) is 0 Å². The van der Waals surface area contributed by atoms with Crippen LogP contribution in [-0.4, -0.2) is 31.3 Å². The number of nitrogens with two attached hydrogens (primary N) is 1. The number of halogens is 2. The van der Waals surface area contributed by atoms with Crippen LogP contribution in [0.1, 0.15) is 6.42 Å². The average molecular weight is 246 g/mol. The summed E-state index contributed by atoms with van der Waals surface area (Å²) in [6.45, 7) is 0.908. The molecule has 2 nitrogen and oxygen atoms in total. The molecule has 0 bridgehead atoms. The molecule has 0 fully saturated rings. The number of anilines is 1. The van der Waals surface area contributed by atoms with E-state index in [-0.39, 0.29) is 10.6 Å². The summed E-state index contributed by atoms with van der Waals surface area (Å²) in [5, 5.41) is 0. The van der Waals surface area contributed by atoms with Gasteiger partial charge in [-0.1, -0.05) is 0 Å². The molecule has 0 heterocycles. The van der Waals surface area contributed by atoms with Crippen LogP contribution in [0.15, 0.2) is 17.0 Å². The number of thioether (sulfide) groups is 1. The zero-order valence-electron chi connectivity index (χ0n) is 9.46. The Morgan fingerprint density at radius 3 is 2.31 bits per heavy atom. The summed E-state index contributed by atoms with van der Waals surface area (Å²) >= 11 is 1.19. The van der Waals surface area contributed by atoms with E-state index in [1.54, 1.807) is 0 Å². The summed E-state index contributed by atoms with van der Waals surface area (Å²) in [5.74, 6) is -0.463. The first-order valence-electron chi connectivity index (χ1n) is 5.02. The molecule has 0 saturated carbocycles. The van der Waals surface area contributed by atoms with Crippen molar-refractivity contribution in [2.45, 2.75) is 11.3 Å². The van der Waals surface area contributed by atoms with Crippen LogP contribution in [0.3, 0.4) is 0 Å². The molecule has 1 rings (SSSR count). The monoisotopic (exact) mass is 246 g/mol. The van der Waals surface area contributed by atoms with Gasteiger partial charge in [0.2, 0.25) is 0 Å². The quantitative estimate of drug-likeness (QED) is 0.492. The molecule has 0 aliphatic heterocycles. The highest BCUT2D eigenvalue weighted by Gasteiger charge is 2.10. The van der Waals surface area contributed by atoms with Gasteiger partial charge in [0.1, 0.15) is 11.6 Å². The molecule has 16 heavy (non-hydrogen) atoms. The van der Waals surface area contributed by atoms with Gasteiger partial charge in [-0.05, 0) is 44.9 Å². The molecule has 0 radical (unpaired) electrons. The Balaban J connectivity index is 2.54. The summed E-state index contributed by atoms with van der Waals surface area (Å²) in [7, 11) is 3.93. The first kappa shape index (κ1) is 13.3. The molecule has 90 valence electrons. The molecule has 5 heteroatoms. The van der Waals surface area contributed by atoms with E-state index in [9.17, 15) is 8.78 Å². The second-order valence-corrected chi connectivity index (χ2v) is 4.92. The van der Waals surface area contributed by atoms with Gasteiger partial charge in [0.25, 0.3) is 0 Å². The molecule has 0 saturated heterocycles. The van der Waals surface area contributed by atoms with Crippen molar-refractivity contribution < 1.29 is 8.78 Å². The minimum absolute atomic E-state index is 0.0629. The van der Waals surface area contributed by atoms with E-state index < -0.39 is 11.6 Å². The Kier molecular flexibility index (Phi) is 5.02. The number of hydrogen-bond acceptors (Lipinski definition) is 3. The lowest BCUT2D eigenvalue weighted by molar-refractivity contribution is 0.410. The predicted octanol–water partition coefficient (Wildman–Crippen LogP) is 2.59. The van der Waals surface area contributed by atoms with Gasteiger partial charge in [-0.25, -0.2) is 8.78 Å². The van der Waals surface area contributed by atoms with E-state index >= 15 is 0 Å². The Labute approximate surface area is 98.8 Å². The topological polar surface area (TPSA) is 29.3 Å². The van der Waals surface area contributed by atoms with E-state index in [1.807, 2.05) is 19.0 Å². The first-order chi connectivity index (χ1) is 7.50. The highest BCUT2D eigenvalue weighted by molar-refractivity contribution is 7.99. The molecular weight excluding hydrogens is 230 g/mol. The minimum atomic E-state index is -0.577. The average Bonchev–Trinajstić information content (AvgIpc) is 2.14. The number of benzene rings is 1. The van der Waals surface area contributed by atoms with Crippen molar-refractivity contribution in [3.8, 4) is 0 Å². The Bertz CT molecular complexity index is 333. The standard InChI is InChI=1S/C11H16F2N2S/c1-15(2)4-3-5-16-11-9(12)6-8(14)7-10(11)13/h6-7H,3-5,14H2,1-2H3. The molecule has 1 aromatic carbocycles. The summed E-state index contributed by atoms with van der Waals surface area (Å²) in [6, 6.07) is 2.30. The fourth-order valence-electron chi connectivity index (χ4n) is 1.27. The van der Waals surface area contributed by atoms with E-state index in [0.29, 0.717) is 5.75 Å². The highest BCUT2D eigenvalue weighted by atomic mass is 32.2. The van der Waals surface area contributed by atoms with Gasteiger partial charge in [0, 0.05) is 5.69 Å². The number of nitrogen functional groups attached to an aromatic ring is 1. The zero-order valence-corrected chi connectivity index (χ0v) is 10.3. The minimum Gasteiger partial charge on any atom is -0.399 e. The van der Waals surface area contributed by atoms with Crippen LogP contribution >= 0.6 is 11.8 Å². The first-order valence-corrected chi connectivity index (χ1v) is 6.01. The highest BCUT2D eigenvalue weighted by Crippen LogP contribution is 2.27. The summed E-state index contributed by atoms with van der Waals surface area (Å²) < 4.78 is 26.7. The van der Waals surface area contributed by atoms with Crippen molar-refractivity contribution in [3.05, 3.63) is 23.8 Å². The maximum absolute atomic E-state index is 13.3. The molecule has 0 aliphatic rings. The maximum Gasteiger partial charge on any atom is 0.141 e. The Morgan fingerprint density at radius 2 is 1.81 bits per heavy atom. The fourth-order valence-corrected chi connectivity index (χ4v) is 2.14. The molecular formula is C11H16F2N2S. The van der Waals surface area contributed by atoms with Crippen molar-refractivity contribution in [2.24, 2.45) is 0 Å². The van der Waals surface area contributed by atoms with Crippen LogP contribution in [0, 0.1) is 11.6 Å². The van der Waals surface area contributed by atoms with Gasteiger partial charge in [-0.15, -0.1) is 11.8 Å². The van der Waals surface area contributed by atoms with Crippen LogP contribution in [-0.2, 0) is 0 Å². The van der Waals surface area contributed by atoms with E-state index in [0.717, 1.165) is 25.1 Å². The third kappa shape index (κ3) is 3.98. The molecule has 0 aromatic heterocycles. The van der Waals surface area contributed by atoms with Gasteiger partial charge in [0.05, 0.1) is 4.90 Å². The van der Waals surface area contributed by atoms with Crippen molar-refractivity contribution in [1.82, 2.24) is 4.90 Å². The smallest absolute Gasteiger partial charge is 0.141 e. The van der Waals surface area contributed by atoms with Crippen LogP contribution in [0.2, 0.25) is 0 Å². The molecule has 0 spiro atoms. The number of hydrogen-bond donors (Lipinski definition) is 1. The zero-order chi connectivity index (χ0) is 12.1. The Morgan fingerprint density at radius 1 is 1.25 bits per heavy atom. The molecule has 1 aromatic rings. The normalized spacial score (nSPS) is 11.1. The molecule has 0 amide bonds. The number of rotatable bonds is 5. The lowest BCUT2D eigenvalue weighted by Crippen LogP contribution is -2.13. The lowest BCUT2D eigenvalue weighted by atomic mass is 10.3. The maximum atomic E-state index is 13.3. The van der Waals surface area contributed by atoms with Gasteiger partial charge in [-0.3, -0.25) is 0 Å². The number of nitrogens with zero attached hydrogens (tertiary/aromatic N) is 1. The predicted molar refractivity (Wildman–Crippen MR) is 64.7 cm³/mol. The van der Waals surface area contributed by atoms with E-state index in [4.69, 9.17) is 5.73 Å².